The van der Waals surface area contributed by atoms with Gasteiger partial charge in [-0.1, -0.05) is 23.7 Å². The Labute approximate surface area is 126 Å². The van der Waals surface area contributed by atoms with Gasteiger partial charge in [0.1, 0.15) is 5.82 Å². The quantitative estimate of drug-likeness (QED) is 0.836. The van der Waals surface area contributed by atoms with Crippen molar-refractivity contribution >= 4 is 35.0 Å². The number of thioether (sulfide) groups is 1. The first-order chi connectivity index (χ1) is 9.56. The SMILES string of the molecule is C[C@H](Sc1ccccc1Cl)C(=O)Nc1ccc(F)cc1. The number of benzene rings is 2. The van der Waals surface area contributed by atoms with E-state index in [1.54, 1.807) is 13.0 Å². The Balaban J connectivity index is 1.99. The van der Waals surface area contributed by atoms with Crippen molar-refractivity contribution in [3.8, 4) is 0 Å². The van der Waals surface area contributed by atoms with Gasteiger partial charge in [0.05, 0.1) is 10.3 Å². The average molecular weight is 310 g/mol. The molecule has 1 atom stereocenters. The van der Waals surface area contributed by atoms with E-state index >= 15 is 0 Å². The zero-order valence-corrected chi connectivity index (χ0v) is 12.3. The number of carbonyl (C=O) groups is 1. The van der Waals surface area contributed by atoms with Gasteiger partial charge in [-0.15, -0.1) is 11.8 Å². The number of rotatable bonds is 4. The van der Waals surface area contributed by atoms with Crippen LogP contribution >= 0.6 is 23.4 Å². The van der Waals surface area contributed by atoms with E-state index in [0.717, 1.165) is 4.90 Å². The van der Waals surface area contributed by atoms with Crippen LogP contribution in [0.5, 0.6) is 0 Å². The average Bonchev–Trinajstić information content (AvgIpc) is 2.44. The van der Waals surface area contributed by atoms with Crippen LogP contribution in [0.25, 0.3) is 0 Å². The van der Waals surface area contributed by atoms with Crippen LogP contribution in [0.15, 0.2) is 53.4 Å². The van der Waals surface area contributed by atoms with Crippen molar-refractivity contribution in [3.05, 3.63) is 59.4 Å². The number of anilines is 1. The van der Waals surface area contributed by atoms with Crippen molar-refractivity contribution in [3.63, 3.8) is 0 Å². The summed E-state index contributed by atoms with van der Waals surface area (Å²) in [5.41, 5.74) is 0.572. The third kappa shape index (κ3) is 3.99. The molecule has 5 heteroatoms. The molecule has 0 aliphatic rings. The molecular weight excluding hydrogens is 297 g/mol. The fourth-order valence-electron chi connectivity index (χ4n) is 1.56. The summed E-state index contributed by atoms with van der Waals surface area (Å²) in [7, 11) is 0. The highest BCUT2D eigenvalue weighted by molar-refractivity contribution is 8.00. The van der Waals surface area contributed by atoms with Gasteiger partial charge in [0.15, 0.2) is 0 Å². The van der Waals surface area contributed by atoms with Crippen LogP contribution in [-0.4, -0.2) is 11.2 Å². The Morgan fingerprint density at radius 3 is 2.50 bits per heavy atom. The van der Waals surface area contributed by atoms with Crippen molar-refractivity contribution in [1.29, 1.82) is 0 Å². The van der Waals surface area contributed by atoms with Crippen LogP contribution in [0.4, 0.5) is 10.1 Å². The largest absolute Gasteiger partial charge is 0.325 e. The minimum Gasteiger partial charge on any atom is -0.325 e. The lowest BCUT2D eigenvalue weighted by Gasteiger charge is -2.12. The Kier molecular flexibility index (Phi) is 5.04. The Hall–Kier alpha value is -1.52. The van der Waals surface area contributed by atoms with Crippen LogP contribution in [-0.2, 0) is 4.79 Å². The Morgan fingerprint density at radius 2 is 1.85 bits per heavy atom. The van der Waals surface area contributed by atoms with E-state index in [2.05, 4.69) is 5.32 Å². The molecule has 0 unspecified atom stereocenters. The predicted octanol–water partition coefficient (Wildman–Crippen LogP) is 4.60. The summed E-state index contributed by atoms with van der Waals surface area (Å²) in [5, 5.41) is 3.06. The minimum atomic E-state index is -0.332. The number of carbonyl (C=O) groups excluding carboxylic acids is 1. The summed E-state index contributed by atoms with van der Waals surface area (Å²) in [6.45, 7) is 1.80. The molecule has 104 valence electrons. The minimum absolute atomic E-state index is 0.151. The smallest absolute Gasteiger partial charge is 0.237 e. The van der Waals surface area contributed by atoms with E-state index in [1.165, 1.54) is 36.0 Å². The molecule has 20 heavy (non-hydrogen) atoms. The molecular formula is C15H13ClFNOS. The molecule has 0 heterocycles. The van der Waals surface area contributed by atoms with Gasteiger partial charge in [0, 0.05) is 10.6 Å². The first-order valence-corrected chi connectivity index (χ1v) is 7.29. The summed E-state index contributed by atoms with van der Waals surface area (Å²) in [6, 6.07) is 13.0. The molecule has 0 aliphatic carbocycles. The number of hydrogen-bond donors (Lipinski definition) is 1. The highest BCUT2D eigenvalue weighted by Gasteiger charge is 2.15. The molecule has 0 radical (unpaired) electrons. The fraction of sp³-hybridized carbons (Fsp3) is 0.133. The summed E-state index contributed by atoms with van der Waals surface area (Å²) in [6.07, 6.45) is 0. The normalized spacial score (nSPS) is 11.9. The molecule has 0 bridgehead atoms. The van der Waals surface area contributed by atoms with Crippen LogP contribution < -0.4 is 5.32 Å². The molecule has 2 nitrogen and oxygen atoms in total. The lowest BCUT2D eigenvalue weighted by atomic mass is 10.3. The second kappa shape index (κ2) is 6.77. The van der Waals surface area contributed by atoms with Gasteiger partial charge in [0.25, 0.3) is 0 Å². The van der Waals surface area contributed by atoms with Gasteiger partial charge >= 0.3 is 0 Å². The maximum Gasteiger partial charge on any atom is 0.237 e. The van der Waals surface area contributed by atoms with Gasteiger partial charge in [-0.05, 0) is 43.3 Å². The van der Waals surface area contributed by atoms with Gasteiger partial charge in [-0.25, -0.2) is 4.39 Å². The lowest BCUT2D eigenvalue weighted by molar-refractivity contribution is -0.115. The van der Waals surface area contributed by atoms with Gasteiger partial charge in [-0.2, -0.15) is 0 Å². The molecule has 0 aliphatic heterocycles. The lowest BCUT2D eigenvalue weighted by Crippen LogP contribution is -2.22. The second-order valence-corrected chi connectivity index (χ2v) is 5.98. The topological polar surface area (TPSA) is 29.1 Å². The number of amides is 1. The van der Waals surface area contributed by atoms with E-state index in [4.69, 9.17) is 11.6 Å². The van der Waals surface area contributed by atoms with Crippen LogP contribution in [0.3, 0.4) is 0 Å². The monoisotopic (exact) mass is 309 g/mol. The highest BCUT2D eigenvalue weighted by Crippen LogP contribution is 2.30. The van der Waals surface area contributed by atoms with Crippen molar-refractivity contribution in [2.24, 2.45) is 0 Å². The number of hydrogen-bond acceptors (Lipinski definition) is 2. The molecule has 1 N–H and O–H groups in total. The Bertz CT molecular complexity index is 603. The van der Waals surface area contributed by atoms with Crippen LogP contribution in [0.2, 0.25) is 5.02 Å². The van der Waals surface area contributed by atoms with Gasteiger partial charge < -0.3 is 5.32 Å². The zero-order valence-electron chi connectivity index (χ0n) is 10.8. The summed E-state index contributed by atoms with van der Waals surface area (Å²) >= 11 is 7.44. The summed E-state index contributed by atoms with van der Waals surface area (Å²) < 4.78 is 12.8. The zero-order chi connectivity index (χ0) is 14.5. The van der Waals surface area contributed by atoms with Crippen molar-refractivity contribution in [2.45, 2.75) is 17.1 Å². The van der Waals surface area contributed by atoms with E-state index in [0.29, 0.717) is 10.7 Å². The maximum atomic E-state index is 12.8. The molecule has 2 aromatic carbocycles. The first kappa shape index (κ1) is 14.9. The first-order valence-electron chi connectivity index (χ1n) is 6.04. The van der Waals surface area contributed by atoms with E-state index in [1.807, 2.05) is 18.2 Å². The second-order valence-electron chi connectivity index (χ2n) is 4.19. The van der Waals surface area contributed by atoms with E-state index in [-0.39, 0.29) is 17.0 Å². The summed E-state index contributed by atoms with van der Waals surface area (Å²) in [5.74, 6) is -0.483. The Morgan fingerprint density at radius 1 is 1.20 bits per heavy atom. The molecule has 0 aromatic heterocycles. The van der Waals surface area contributed by atoms with Crippen molar-refractivity contribution in [2.75, 3.05) is 5.32 Å². The molecule has 1 amide bonds. The van der Waals surface area contributed by atoms with Crippen LogP contribution in [0.1, 0.15) is 6.92 Å². The van der Waals surface area contributed by atoms with Gasteiger partial charge in [0.2, 0.25) is 5.91 Å². The fourth-order valence-corrected chi connectivity index (χ4v) is 2.72. The van der Waals surface area contributed by atoms with Crippen molar-refractivity contribution < 1.29 is 9.18 Å². The highest BCUT2D eigenvalue weighted by atomic mass is 35.5. The molecule has 0 saturated carbocycles. The number of nitrogens with one attached hydrogen (secondary N) is 1. The standard InChI is InChI=1S/C15H13ClFNOS/c1-10(20-14-5-3-2-4-13(14)16)15(19)18-12-8-6-11(17)7-9-12/h2-10H,1H3,(H,18,19)/t10-/m0/s1. The molecule has 0 fully saturated rings. The molecule has 0 saturated heterocycles. The van der Waals surface area contributed by atoms with Crippen molar-refractivity contribution in [1.82, 2.24) is 0 Å². The third-order valence-corrected chi connectivity index (χ3v) is 4.24. The van der Waals surface area contributed by atoms with E-state index < -0.39 is 0 Å². The van der Waals surface area contributed by atoms with Gasteiger partial charge in [-0.3, -0.25) is 4.79 Å². The molecule has 0 spiro atoms. The maximum absolute atomic E-state index is 12.8. The van der Waals surface area contributed by atoms with Crippen LogP contribution in [0, 0.1) is 5.82 Å². The third-order valence-electron chi connectivity index (χ3n) is 2.62. The number of halogens is 2. The van der Waals surface area contributed by atoms with E-state index in [9.17, 15) is 9.18 Å². The predicted molar refractivity (Wildman–Crippen MR) is 81.8 cm³/mol. The summed E-state index contributed by atoms with van der Waals surface area (Å²) in [4.78, 5) is 12.9. The molecule has 2 rings (SSSR count). The molecule has 2 aromatic rings.